The molecular formula is C16H24. The lowest BCUT2D eigenvalue weighted by Gasteiger charge is -2.16. The van der Waals surface area contributed by atoms with Gasteiger partial charge in [-0.2, -0.15) is 0 Å². The summed E-state index contributed by atoms with van der Waals surface area (Å²) in [5.41, 5.74) is 2.81. The summed E-state index contributed by atoms with van der Waals surface area (Å²) in [5.74, 6) is 1.52. The summed E-state index contributed by atoms with van der Waals surface area (Å²) in [4.78, 5) is 0. The zero-order valence-corrected chi connectivity index (χ0v) is 11.0. The summed E-state index contributed by atoms with van der Waals surface area (Å²) in [6.45, 7) is 9.20. The Hall–Kier alpha value is -1.04. The summed E-state index contributed by atoms with van der Waals surface area (Å²) in [6, 6.07) is 10.6. The van der Waals surface area contributed by atoms with Gasteiger partial charge < -0.3 is 0 Å². The van der Waals surface area contributed by atoms with Gasteiger partial charge in [-0.1, -0.05) is 69.2 Å². The third-order valence-corrected chi connectivity index (χ3v) is 3.42. The van der Waals surface area contributed by atoms with Crippen molar-refractivity contribution in [2.75, 3.05) is 0 Å². The Morgan fingerprint density at radius 2 is 1.81 bits per heavy atom. The van der Waals surface area contributed by atoms with Crippen LogP contribution >= 0.6 is 0 Å². The lowest BCUT2D eigenvalue weighted by molar-refractivity contribution is 0.443. The molecule has 0 N–H and O–H groups in total. The van der Waals surface area contributed by atoms with Crippen molar-refractivity contribution in [1.29, 1.82) is 0 Å². The van der Waals surface area contributed by atoms with Gasteiger partial charge in [-0.15, -0.1) is 0 Å². The van der Waals surface area contributed by atoms with E-state index in [0.29, 0.717) is 5.92 Å². The monoisotopic (exact) mass is 216 g/mol. The summed E-state index contributed by atoms with van der Waals surface area (Å²) in [7, 11) is 0. The van der Waals surface area contributed by atoms with Gasteiger partial charge in [0.2, 0.25) is 0 Å². The molecule has 0 amide bonds. The first-order valence-corrected chi connectivity index (χ1v) is 6.36. The van der Waals surface area contributed by atoms with Crippen LogP contribution in [0.15, 0.2) is 35.9 Å². The van der Waals surface area contributed by atoms with Crippen molar-refractivity contribution in [2.45, 2.75) is 40.5 Å². The van der Waals surface area contributed by atoms with Gasteiger partial charge in [-0.25, -0.2) is 0 Å². The van der Waals surface area contributed by atoms with E-state index in [1.807, 2.05) is 0 Å². The highest BCUT2D eigenvalue weighted by atomic mass is 14.1. The van der Waals surface area contributed by atoms with Crippen LogP contribution < -0.4 is 0 Å². The fourth-order valence-electron chi connectivity index (χ4n) is 1.91. The second-order valence-electron chi connectivity index (χ2n) is 4.95. The fraction of sp³-hybridized carbons (Fsp3) is 0.500. The van der Waals surface area contributed by atoms with Crippen molar-refractivity contribution in [3.05, 3.63) is 41.5 Å². The highest BCUT2D eigenvalue weighted by Gasteiger charge is 2.08. The van der Waals surface area contributed by atoms with Crippen molar-refractivity contribution in [3.8, 4) is 0 Å². The van der Waals surface area contributed by atoms with Gasteiger partial charge in [0.1, 0.15) is 0 Å². The van der Waals surface area contributed by atoms with Crippen molar-refractivity contribution < 1.29 is 0 Å². The predicted molar refractivity (Wildman–Crippen MR) is 73.3 cm³/mol. The molecule has 0 radical (unpaired) electrons. The first-order chi connectivity index (χ1) is 7.63. The molecule has 0 heterocycles. The number of hydrogen-bond acceptors (Lipinski definition) is 0. The average molecular weight is 216 g/mol. The van der Waals surface area contributed by atoms with E-state index in [4.69, 9.17) is 0 Å². The highest BCUT2D eigenvalue weighted by molar-refractivity contribution is 5.52. The minimum absolute atomic E-state index is 0.690. The molecule has 0 heteroatoms. The zero-order valence-electron chi connectivity index (χ0n) is 11.0. The second-order valence-corrected chi connectivity index (χ2v) is 4.95. The quantitative estimate of drug-likeness (QED) is 0.637. The molecule has 0 bridgehead atoms. The summed E-state index contributed by atoms with van der Waals surface area (Å²) >= 11 is 0. The molecule has 0 aliphatic carbocycles. The summed E-state index contributed by atoms with van der Waals surface area (Å²) < 4.78 is 0. The molecular weight excluding hydrogens is 192 g/mol. The molecule has 0 spiro atoms. The predicted octanol–water partition coefficient (Wildman–Crippen LogP) is 5.16. The molecule has 0 fully saturated rings. The number of allylic oxidation sites excluding steroid dienone is 1. The molecule has 88 valence electrons. The van der Waals surface area contributed by atoms with Crippen molar-refractivity contribution in [2.24, 2.45) is 11.8 Å². The van der Waals surface area contributed by atoms with Crippen LogP contribution in [0, 0.1) is 11.8 Å². The molecule has 1 rings (SSSR count). The van der Waals surface area contributed by atoms with Crippen LogP contribution in [0.2, 0.25) is 0 Å². The van der Waals surface area contributed by atoms with Crippen molar-refractivity contribution in [1.82, 2.24) is 0 Å². The Kier molecular flexibility index (Phi) is 5.31. The van der Waals surface area contributed by atoms with Crippen LogP contribution in [0.5, 0.6) is 0 Å². The van der Waals surface area contributed by atoms with E-state index in [1.54, 1.807) is 0 Å². The van der Waals surface area contributed by atoms with E-state index in [2.05, 4.69) is 64.1 Å². The van der Waals surface area contributed by atoms with E-state index in [-0.39, 0.29) is 0 Å². The molecule has 0 saturated heterocycles. The fourth-order valence-corrected chi connectivity index (χ4v) is 1.91. The third-order valence-electron chi connectivity index (χ3n) is 3.42. The van der Waals surface area contributed by atoms with Crippen LogP contribution in [0.25, 0.3) is 6.08 Å². The highest BCUT2D eigenvalue weighted by Crippen LogP contribution is 2.22. The smallest absolute Gasteiger partial charge is 0.0229 e. The maximum atomic E-state index is 2.34. The normalized spacial score (nSPS) is 15.9. The van der Waals surface area contributed by atoms with E-state index in [9.17, 15) is 0 Å². The molecule has 2 unspecified atom stereocenters. The van der Waals surface area contributed by atoms with Crippen LogP contribution in [0.1, 0.15) is 46.1 Å². The zero-order chi connectivity index (χ0) is 12.0. The minimum atomic E-state index is 0.690. The number of hydrogen-bond donors (Lipinski definition) is 0. The lowest BCUT2D eigenvalue weighted by Crippen LogP contribution is -2.03. The van der Waals surface area contributed by atoms with E-state index in [1.165, 1.54) is 24.0 Å². The van der Waals surface area contributed by atoms with Gasteiger partial charge in [0.05, 0.1) is 0 Å². The Labute approximate surface area is 100 Å². The molecule has 0 saturated carbocycles. The van der Waals surface area contributed by atoms with E-state index < -0.39 is 0 Å². The van der Waals surface area contributed by atoms with Gasteiger partial charge >= 0.3 is 0 Å². The van der Waals surface area contributed by atoms with Gasteiger partial charge in [0.15, 0.2) is 0 Å². The van der Waals surface area contributed by atoms with Gasteiger partial charge in [0.25, 0.3) is 0 Å². The molecule has 2 atom stereocenters. The van der Waals surface area contributed by atoms with Crippen LogP contribution in [-0.2, 0) is 0 Å². The van der Waals surface area contributed by atoms with Crippen molar-refractivity contribution in [3.63, 3.8) is 0 Å². The number of benzene rings is 1. The largest absolute Gasteiger partial charge is 0.0699 e. The maximum absolute atomic E-state index is 2.34. The molecule has 16 heavy (non-hydrogen) atoms. The Balaban J connectivity index is 2.63. The SMILES string of the molecule is CCC(C)CC(C)/C(C)=C\c1ccccc1. The average Bonchev–Trinajstić information content (AvgIpc) is 2.30. The summed E-state index contributed by atoms with van der Waals surface area (Å²) in [6.07, 6.45) is 4.89. The van der Waals surface area contributed by atoms with Crippen LogP contribution in [-0.4, -0.2) is 0 Å². The molecule has 1 aromatic carbocycles. The topological polar surface area (TPSA) is 0 Å². The Morgan fingerprint density at radius 1 is 1.19 bits per heavy atom. The number of rotatable bonds is 5. The van der Waals surface area contributed by atoms with Gasteiger partial charge in [-0.05, 0) is 30.7 Å². The molecule has 0 aromatic heterocycles. The second kappa shape index (κ2) is 6.52. The molecule has 0 aliphatic rings. The maximum Gasteiger partial charge on any atom is -0.0229 e. The van der Waals surface area contributed by atoms with Crippen LogP contribution in [0.3, 0.4) is 0 Å². The summed E-state index contributed by atoms with van der Waals surface area (Å²) in [5, 5.41) is 0. The minimum Gasteiger partial charge on any atom is -0.0699 e. The lowest BCUT2D eigenvalue weighted by atomic mass is 9.89. The Morgan fingerprint density at radius 3 is 2.38 bits per heavy atom. The van der Waals surface area contributed by atoms with Crippen LogP contribution in [0.4, 0.5) is 0 Å². The standard InChI is InChI=1S/C16H24/c1-5-13(2)11-14(3)15(4)12-16-9-7-6-8-10-16/h6-10,12-14H,5,11H2,1-4H3/b15-12-. The van der Waals surface area contributed by atoms with E-state index >= 15 is 0 Å². The molecule has 1 aromatic rings. The van der Waals surface area contributed by atoms with Crippen molar-refractivity contribution >= 4 is 6.08 Å². The van der Waals surface area contributed by atoms with E-state index in [0.717, 1.165) is 5.92 Å². The van der Waals surface area contributed by atoms with Gasteiger partial charge in [-0.3, -0.25) is 0 Å². The first-order valence-electron chi connectivity index (χ1n) is 6.36. The van der Waals surface area contributed by atoms with Gasteiger partial charge in [0, 0.05) is 0 Å². The first kappa shape index (κ1) is 13.0. The molecule has 0 nitrogen and oxygen atoms in total. The molecule has 0 aliphatic heterocycles. The Bertz CT molecular complexity index is 321. The third kappa shape index (κ3) is 4.22.